The van der Waals surface area contributed by atoms with E-state index in [1.165, 1.54) is 24.3 Å². The molecule has 2 aromatic heterocycles. The van der Waals surface area contributed by atoms with Crippen LogP contribution in [0, 0.1) is 6.92 Å². The van der Waals surface area contributed by atoms with E-state index in [-0.39, 0.29) is 22.3 Å². The van der Waals surface area contributed by atoms with Crippen LogP contribution >= 0.6 is 22.9 Å². The molecular formula is C17H15ClN4O3S2. The number of aryl methyl sites for hydroxylation is 1. The van der Waals surface area contributed by atoms with Gasteiger partial charge in [-0.05, 0) is 43.3 Å². The van der Waals surface area contributed by atoms with Crippen LogP contribution in [0.5, 0.6) is 0 Å². The van der Waals surface area contributed by atoms with E-state index in [0.717, 1.165) is 11.3 Å². The van der Waals surface area contributed by atoms with Crippen LogP contribution in [-0.2, 0) is 16.6 Å². The molecule has 2 N–H and O–H groups in total. The Morgan fingerprint density at radius 2 is 1.93 bits per heavy atom. The van der Waals surface area contributed by atoms with Gasteiger partial charge in [0.15, 0.2) is 5.13 Å². The summed E-state index contributed by atoms with van der Waals surface area (Å²) in [5.41, 5.74) is 0.882. The van der Waals surface area contributed by atoms with Gasteiger partial charge in [0.25, 0.3) is 15.9 Å². The number of nitrogens with zero attached hydrogens (tertiary/aromatic N) is 2. The number of hydrogen-bond acceptors (Lipinski definition) is 6. The summed E-state index contributed by atoms with van der Waals surface area (Å²) in [7, 11) is -3.82. The zero-order chi connectivity index (χ0) is 19.4. The molecule has 3 aromatic rings. The lowest BCUT2D eigenvalue weighted by Crippen LogP contribution is -2.24. The van der Waals surface area contributed by atoms with Crippen molar-refractivity contribution >= 4 is 44.0 Å². The number of nitrogens with one attached hydrogen (secondary N) is 2. The standard InChI is InChI=1S/C17H15ClN4O3S2/c1-11-15(16(23)20-10-13-4-2-3-9-19-13)21-17(26-11)22-27(24,25)14-7-5-12(18)6-8-14/h2-9H,10H2,1H3,(H,20,23)(H,21,22). The zero-order valence-electron chi connectivity index (χ0n) is 14.1. The molecule has 1 aromatic carbocycles. The third kappa shape index (κ3) is 4.82. The van der Waals surface area contributed by atoms with E-state index in [2.05, 4.69) is 20.0 Å². The van der Waals surface area contributed by atoms with Crippen molar-refractivity contribution < 1.29 is 13.2 Å². The van der Waals surface area contributed by atoms with Crippen molar-refractivity contribution in [2.45, 2.75) is 18.4 Å². The number of carbonyl (C=O) groups is 1. The van der Waals surface area contributed by atoms with Gasteiger partial charge in [-0.25, -0.2) is 13.4 Å². The molecule has 0 aliphatic carbocycles. The molecule has 0 saturated heterocycles. The molecule has 0 saturated carbocycles. The molecule has 0 bridgehead atoms. The Hall–Kier alpha value is -2.49. The van der Waals surface area contributed by atoms with Crippen LogP contribution in [0.2, 0.25) is 5.02 Å². The molecule has 0 spiro atoms. The lowest BCUT2D eigenvalue weighted by Gasteiger charge is -2.05. The molecule has 1 amide bonds. The van der Waals surface area contributed by atoms with Crippen molar-refractivity contribution in [1.82, 2.24) is 15.3 Å². The number of aromatic nitrogens is 2. The predicted molar refractivity (Wildman–Crippen MR) is 105 cm³/mol. The van der Waals surface area contributed by atoms with Gasteiger partial charge in [-0.2, -0.15) is 0 Å². The summed E-state index contributed by atoms with van der Waals surface area (Å²) in [6.45, 7) is 1.95. The van der Waals surface area contributed by atoms with Gasteiger partial charge >= 0.3 is 0 Å². The minimum Gasteiger partial charge on any atom is -0.345 e. The summed E-state index contributed by atoms with van der Waals surface area (Å²) in [5, 5.41) is 3.27. The number of hydrogen-bond donors (Lipinski definition) is 2. The first-order chi connectivity index (χ1) is 12.8. The summed E-state index contributed by atoms with van der Waals surface area (Å²) in [6.07, 6.45) is 1.64. The van der Waals surface area contributed by atoms with E-state index in [1.54, 1.807) is 25.3 Å². The van der Waals surface area contributed by atoms with Crippen LogP contribution in [0.25, 0.3) is 0 Å². The van der Waals surface area contributed by atoms with Crippen LogP contribution < -0.4 is 10.0 Å². The second-order valence-electron chi connectivity index (χ2n) is 5.49. The normalized spacial score (nSPS) is 11.2. The fraction of sp³-hybridized carbons (Fsp3) is 0.118. The van der Waals surface area contributed by atoms with Gasteiger partial charge in [0.1, 0.15) is 5.69 Å². The van der Waals surface area contributed by atoms with E-state index in [0.29, 0.717) is 15.6 Å². The first-order valence-corrected chi connectivity index (χ1v) is 10.5. The third-order valence-electron chi connectivity index (χ3n) is 3.51. The molecule has 0 aliphatic heterocycles. The third-order valence-corrected chi connectivity index (χ3v) is 6.14. The van der Waals surface area contributed by atoms with Gasteiger partial charge in [0.2, 0.25) is 0 Å². The molecule has 0 radical (unpaired) electrons. The zero-order valence-corrected chi connectivity index (χ0v) is 16.5. The van der Waals surface area contributed by atoms with E-state index in [1.807, 2.05) is 6.07 Å². The summed E-state index contributed by atoms with van der Waals surface area (Å²) >= 11 is 6.87. The Morgan fingerprint density at radius 3 is 2.59 bits per heavy atom. The molecular weight excluding hydrogens is 408 g/mol. The highest BCUT2D eigenvalue weighted by molar-refractivity contribution is 7.93. The fourth-order valence-corrected chi connectivity index (χ4v) is 4.37. The van der Waals surface area contributed by atoms with Gasteiger partial charge < -0.3 is 5.32 Å². The molecule has 0 aliphatic rings. The van der Waals surface area contributed by atoms with Crippen molar-refractivity contribution in [3.8, 4) is 0 Å². The van der Waals surface area contributed by atoms with Crippen LogP contribution in [0.1, 0.15) is 21.1 Å². The smallest absolute Gasteiger partial charge is 0.271 e. The van der Waals surface area contributed by atoms with Gasteiger partial charge in [-0.3, -0.25) is 14.5 Å². The van der Waals surface area contributed by atoms with Crippen molar-refractivity contribution in [2.24, 2.45) is 0 Å². The van der Waals surface area contributed by atoms with Crippen molar-refractivity contribution in [1.29, 1.82) is 0 Å². The van der Waals surface area contributed by atoms with Crippen LogP contribution in [0.3, 0.4) is 0 Å². The quantitative estimate of drug-likeness (QED) is 0.635. The van der Waals surface area contributed by atoms with Gasteiger partial charge in [0, 0.05) is 16.1 Å². The fourth-order valence-electron chi connectivity index (χ4n) is 2.20. The maximum absolute atomic E-state index is 12.4. The second-order valence-corrected chi connectivity index (χ2v) is 8.81. The molecule has 2 heterocycles. The van der Waals surface area contributed by atoms with Crippen molar-refractivity contribution in [3.63, 3.8) is 0 Å². The number of pyridine rings is 1. The summed E-state index contributed by atoms with van der Waals surface area (Å²) in [5.74, 6) is -0.397. The lowest BCUT2D eigenvalue weighted by molar-refractivity contribution is 0.0945. The minimum atomic E-state index is -3.82. The number of halogens is 1. The maximum atomic E-state index is 12.4. The molecule has 0 unspecified atom stereocenters. The van der Waals surface area contributed by atoms with E-state index >= 15 is 0 Å². The highest BCUT2D eigenvalue weighted by atomic mass is 35.5. The van der Waals surface area contributed by atoms with Crippen LogP contribution in [0.15, 0.2) is 53.6 Å². The molecule has 3 rings (SSSR count). The first-order valence-electron chi connectivity index (χ1n) is 7.79. The molecule has 0 fully saturated rings. The molecule has 140 valence electrons. The second kappa shape index (κ2) is 8.03. The summed E-state index contributed by atoms with van der Waals surface area (Å²) in [6, 6.07) is 11.2. The van der Waals surface area contributed by atoms with Crippen molar-refractivity contribution in [3.05, 3.63) is 69.9 Å². The highest BCUT2D eigenvalue weighted by Crippen LogP contribution is 2.25. The summed E-state index contributed by atoms with van der Waals surface area (Å²) in [4.78, 5) is 21.2. The predicted octanol–water partition coefficient (Wildman–Crippen LogP) is 3.23. The van der Waals surface area contributed by atoms with Crippen molar-refractivity contribution in [2.75, 3.05) is 4.72 Å². The average molecular weight is 423 g/mol. The molecule has 7 nitrogen and oxygen atoms in total. The Labute approximate surface area is 165 Å². The Bertz CT molecular complexity index is 1050. The monoisotopic (exact) mass is 422 g/mol. The number of carbonyl (C=O) groups excluding carboxylic acids is 1. The highest BCUT2D eigenvalue weighted by Gasteiger charge is 2.20. The van der Waals surface area contributed by atoms with Gasteiger partial charge in [0.05, 0.1) is 17.1 Å². The first kappa shape index (κ1) is 19.3. The van der Waals surface area contributed by atoms with E-state index < -0.39 is 15.9 Å². The number of amides is 1. The largest absolute Gasteiger partial charge is 0.345 e. The van der Waals surface area contributed by atoms with E-state index in [4.69, 9.17) is 11.6 Å². The number of thiazole rings is 1. The van der Waals surface area contributed by atoms with Crippen LogP contribution in [0.4, 0.5) is 5.13 Å². The molecule has 0 atom stereocenters. The SMILES string of the molecule is Cc1sc(NS(=O)(=O)c2ccc(Cl)cc2)nc1C(=O)NCc1ccccn1. The van der Waals surface area contributed by atoms with Crippen LogP contribution in [-0.4, -0.2) is 24.3 Å². The topological polar surface area (TPSA) is 101 Å². The minimum absolute atomic E-state index is 0.0564. The Kier molecular flexibility index (Phi) is 5.73. The van der Waals surface area contributed by atoms with Gasteiger partial charge in [-0.1, -0.05) is 17.7 Å². The number of benzene rings is 1. The molecule has 10 heteroatoms. The Morgan fingerprint density at radius 1 is 1.19 bits per heavy atom. The summed E-state index contributed by atoms with van der Waals surface area (Å²) < 4.78 is 27.2. The number of sulfonamides is 1. The Balaban J connectivity index is 1.72. The average Bonchev–Trinajstić information content (AvgIpc) is 3.00. The number of rotatable bonds is 6. The maximum Gasteiger partial charge on any atom is 0.271 e. The number of anilines is 1. The van der Waals surface area contributed by atoms with E-state index in [9.17, 15) is 13.2 Å². The molecule has 27 heavy (non-hydrogen) atoms. The lowest BCUT2D eigenvalue weighted by atomic mass is 10.3. The van der Waals surface area contributed by atoms with Gasteiger partial charge in [-0.15, -0.1) is 11.3 Å².